The number of aromatic nitrogens is 2. The molecule has 2 fully saturated rings. The monoisotopic (exact) mass is 433 g/mol. The van der Waals surface area contributed by atoms with Crippen molar-refractivity contribution in [3.05, 3.63) is 0 Å². The molecule has 3 heterocycles. The second kappa shape index (κ2) is 8.84. The molecule has 150 valence electrons. The predicted octanol–water partition coefficient (Wildman–Crippen LogP) is 0.863. The predicted molar refractivity (Wildman–Crippen MR) is 104 cm³/mol. The van der Waals surface area contributed by atoms with Crippen LogP contribution in [0.3, 0.4) is 0 Å². The van der Waals surface area contributed by atoms with Crippen LogP contribution in [0.25, 0.3) is 0 Å². The maximum absolute atomic E-state index is 12.4. The third kappa shape index (κ3) is 5.62. The summed E-state index contributed by atoms with van der Waals surface area (Å²) in [6, 6.07) is 0. The Bertz CT molecular complexity index is 783. The smallest absolute Gasteiger partial charge is 0.233 e. The van der Waals surface area contributed by atoms with E-state index in [0.29, 0.717) is 41.2 Å². The molecule has 0 spiro atoms. The van der Waals surface area contributed by atoms with Gasteiger partial charge in [0, 0.05) is 32.1 Å². The molecule has 27 heavy (non-hydrogen) atoms. The third-order valence-corrected chi connectivity index (χ3v) is 7.97. The van der Waals surface area contributed by atoms with Crippen molar-refractivity contribution in [2.75, 3.05) is 43.5 Å². The molecule has 1 aromatic heterocycles. The number of thioether (sulfide) groups is 1. The van der Waals surface area contributed by atoms with Crippen LogP contribution >= 0.6 is 23.1 Å². The molecule has 1 N–H and O–H groups in total. The lowest BCUT2D eigenvalue weighted by atomic mass is 9.97. The molecule has 9 nitrogen and oxygen atoms in total. The summed E-state index contributed by atoms with van der Waals surface area (Å²) in [4.78, 5) is 26.3. The molecule has 1 aromatic rings. The lowest BCUT2D eigenvalue weighted by molar-refractivity contribution is -0.127. The highest BCUT2D eigenvalue weighted by atomic mass is 32.2. The largest absolute Gasteiger partial charge is 0.342 e. The summed E-state index contributed by atoms with van der Waals surface area (Å²) in [6.07, 6.45) is 4.29. The molecule has 0 radical (unpaired) electrons. The van der Waals surface area contributed by atoms with Crippen LogP contribution in [0.4, 0.5) is 5.13 Å². The molecule has 12 heteroatoms. The van der Waals surface area contributed by atoms with Crippen LogP contribution in [-0.2, 0) is 19.6 Å². The summed E-state index contributed by atoms with van der Waals surface area (Å²) in [5, 5.41) is 11.1. The van der Waals surface area contributed by atoms with Crippen molar-refractivity contribution in [2.24, 2.45) is 5.92 Å². The molecule has 3 rings (SSSR count). The lowest BCUT2D eigenvalue weighted by Crippen LogP contribution is -2.40. The fraction of sp³-hybridized carbons (Fsp3) is 0.733. The Kier molecular flexibility index (Phi) is 6.71. The van der Waals surface area contributed by atoms with Crippen molar-refractivity contribution >= 4 is 50.1 Å². The van der Waals surface area contributed by atoms with E-state index in [9.17, 15) is 18.0 Å². The number of amides is 2. The van der Waals surface area contributed by atoms with Gasteiger partial charge in [-0.05, 0) is 25.7 Å². The quantitative estimate of drug-likeness (QED) is 0.523. The number of piperidine rings is 1. The van der Waals surface area contributed by atoms with E-state index in [1.165, 1.54) is 33.7 Å². The third-order valence-electron chi connectivity index (χ3n) is 4.71. The second-order valence-electron chi connectivity index (χ2n) is 6.68. The van der Waals surface area contributed by atoms with Gasteiger partial charge in [0.1, 0.15) is 0 Å². The molecule has 0 saturated carbocycles. The molecule has 2 aliphatic rings. The number of hydrogen-bond acceptors (Lipinski definition) is 8. The highest BCUT2D eigenvalue weighted by Crippen LogP contribution is 2.27. The Balaban J connectivity index is 1.45. The Morgan fingerprint density at radius 3 is 2.48 bits per heavy atom. The first-order valence-corrected chi connectivity index (χ1v) is 12.5. The summed E-state index contributed by atoms with van der Waals surface area (Å²) >= 11 is 2.58. The standard InChI is InChI=1S/C15H23N5O4S3/c1-27(23,24)20-8-4-11(5-9-20)13(22)16-14-17-18-15(26-14)25-10-12(21)19-6-2-3-7-19/h11H,2-10H2,1H3,(H,16,17,22). The van der Waals surface area contributed by atoms with Crippen molar-refractivity contribution in [3.8, 4) is 0 Å². The Morgan fingerprint density at radius 1 is 1.19 bits per heavy atom. The first-order chi connectivity index (χ1) is 12.8. The van der Waals surface area contributed by atoms with Crippen LogP contribution < -0.4 is 5.32 Å². The highest BCUT2D eigenvalue weighted by Gasteiger charge is 2.29. The fourth-order valence-corrected chi connectivity index (χ4v) is 5.69. The summed E-state index contributed by atoms with van der Waals surface area (Å²) in [5.41, 5.74) is 0. The summed E-state index contributed by atoms with van der Waals surface area (Å²) in [5.74, 6) is 0.0339. The maximum Gasteiger partial charge on any atom is 0.233 e. The van der Waals surface area contributed by atoms with Crippen molar-refractivity contribution in [1.29, 1.82) is 0 Å². The SMILES string of the molecule is CS(=O)(=O)N1CCC(C(=O)Nc2nnc(SCC(=O)N3CCCC3)s2)CC1. The van der Waals surface area contributed by atoms with E-state index in [2.05, 4.69) is 15.5 Å². The first kappa shape index (κ1) is 20.5. The molecule has 0 aliphatic carbocycles. The van der Waals surface area contributed by atoms with Crippen LogP contribution in [0.15, 0.2) is 4.34 Å². The van der Waals surface area contributed by atoms with Gasteiger partial charge in [-0.1, -0.05) is 23.1 Å². The van der Waals surface area contributed by atoms with Gasteiger partial charge in [0.05, 0.1) is 12.0 Å². The Labute approximate surface area is 166 Å². The van der Waals surface area contributed by atoms with Gasteiger partial charge in [0.25, 0.3) is 0 Å². The molecule has 2 aliphatic heterocycles. The van der Waals surface area contributed by atoms with Gasteiger partial charge in [-0.25, -0.2) is 12.7 Å². The van der Waals surface area contributed by atoms with Crippen molar-refractivity contribution in [1.82, 2.24) is 19.4 Å². The van der Waals surface area contributed by atoms with Crippen LogP contribution in [0.2, 0.25) is 0 Å². The summed E-state index contributed by atoms with van der Waals surface area (Å²) in [7, 11) is -3.20. The minimum Gasteiger partial charge on any atom is -0.342 e. The first-order valence-electron chi connectivity index (χ1n) is 8.83. The molecule has 0 bridgehead atoms. The average molecular weight is 434 g/mol. The molecular weight excluding hydrogens is 410 g/mol. The number of carbonyl (C=O) groups is 2. The van der Waals surface area contributed by atoms with Crippen LogP contribution in [0.5, 0.6) is 0 Å². The van der Waals surface area contributed by atoms with Gasteiger partial charge in [-0.3, -0.25) is 9.59 Å². The van der Waals surface area contributed by atoms with Crippen molar-refractivity contribution in [2.45, 2.75) is 30.0 Å². The maximum atomic E-state index is 12.4. The molecule has 0 aromatic carbocycles. The van der Waals surface area contributed by atoms with E-state index in [1.807, 2.05) is 4.90 Å². The van der Waals surface area contributed by atoms with E-state index in [-0.39, 0.29) is 17.7 Å². The van der Waals surface area contributed by atoms with E-state index < -0.39 is 10.0 Å². The van der Waals surface area contributed by atoms with Crippen LogP contribution in [-0.4, -0.2) is 77.8 Å². The number of sulfonamides is 1. The molecular formula is C15H23N5O4S3. The number of rotatable bonds is 6. The number of hydrogen-bond donors (Lipinski definition) is 1. The number of likely N-dealkylation sites (tertiary alicyclic amines) is 1. The Hall–Kier alpha value is -1.24. The minimum atomic E-state index is -3.20. The van der Waals surface area contributed by atoms with Gasteiger partial charge < -0.3 is 10.2 Å². The molecule has 2 saturated heterocycles. The van der Waals surface area contributed by atoms with Gasteiger partial charge >= 0.3 is 0 Å². The van der Waals surface area contributed by atoms with Crippen LogP contribution in [0, 0.1) is 5.92 Å². The van der Waals surface area contributed by atoms with E-state index in [4.69, 9.17) is 0 Å². The topological polar surface area (TPSA) is 113 Å². The number of carbonyl (C=O) groups excluding carboxylic acids is 2. The fourth-order valence-electron chi connectivity index (χ4n) is 3.16. The van der Waals surface area contributed by atoms with Gasteiger partial charge in [-0.2, -0.15) is 0 Å². The summed E-state index contributed by atoms with van der Waals surface area (Å²) in [6.45, 7) is 2.36. The zero-order valence-electron chi connectivity index (χ0n) is 15.1. The lowest BCUT2D eigenvalue weighted by Gasteiger charge is -2.29. The normalized spacial score (nSPS) is 19.4. The van der Waals surface area contributed by atoms with E-state index >= 15 is 0 Å². The van der Waals surface area contributed by atoms with Crippen LogP contribution in [0.1, 0.15) is 25.7 Å². The average Bonchev–Trinajstić information content (AvgIpc) is 3.31. The van der Waals surface area contributed by atoms with Gasteiger partial charge in [0.2, 0.25) is 27.0 Å². The molecule has 0 unspecified atom stereocenters. The molecule has 0 atom stereocenters. The number of nitrogens with one attached hydrogen (secondary N) is 1. The minimum absolute atomic E-state index is 0.107. The van der Waals surface area contributed by atoms with E-state index in [0.717, 1.165) is 25.9 Å². The zero-order valence-corrected chi connectivity index (χ0v) is 17.5. The number of anilines is 1. The molecule has 2 amide bonds. The Morgan fingerprint density at radius 2 is 1.85 bits per heavy atom. The van der Waals surface area contributed by atoms with Crippen molar-refractivity contribution in [3.63, 3.8) is 0 Å². The zero-order chi connectivity index (χ0) is 19.4. The number of nitrogens with zero attached hydrogens (tertiary/aromatic N) is 4. The highest BCUT2D eigenvalue weighted by molar-refractivity contribution is 8.01. The van der Waals surface area contributed by atoms with E-state index in [1.54, 1.807) is 0 Å². The second-order valence-corrected chi connectivity index (χ2v) is 10.9. The van der Waals surface area contributed by atoms with Crippen molar-refractivity contribution < 1.29 is 18.0 Å². The van der Waals surface area contributed by atoms with Gasteiger partial charge in [-0.15, -0.1) is 10.2 Å². The van der Waals surface area contributed by atoms with Gasteiger partial charge in [0.15, 0.2) is 4.34 Å². The summed E-state index contributed by atoms with van der Waals surface area (Å²) < 4.78 is 25.1.